The Labute approximate surface area is 166 Å². The van der Waals surface area contributed by atoms with E-state index in [9.17, 15) is 8.78 Å². The van der Waals surface area contributed by atoms with Crippen LogP contribution in [0.5, 0.6) is 0 Å². The van der Waals surface area contributed by atoms with E-state index in [4.69, 9.17) is 11.0 Å². The molecule has 27 heavy (non-hydrogen) atoms. The summed E-state index contributed by atoms with van der Waals surface area (Å²) in [5, 5.41) is 6.96. The molecular formula is C19H19F2N5O. The topological polar surface area (TPSA) is 55.2 Å². The monoisotopic (exact) mass is 379 g/mol. The zero-order valence-corrected chi connectivity index (χ0v) is 14.0. The van der Waals surface area contributed by atoms with Crippen molar-refractivity contribution in [2.45, 2.75) is 6.92 Å². The van der Waals surface area contributed by atoms with Crippen LogP contribution in [0.2, 0.25) is 0 Å². The van der Waals surface area contributed by atoms with Gasteiger partial charge in [-0.15, -0.1) is 5.10 Å². The van der Waals surface area contributed by atoms with Gasteiger partial charge in [-0.25, -0.2) is 13.5 Å². The maximum Gasteiger partial charge on any atom is 0.246 e. The molecule has 140 valence electrons. The molecule has 0 bridgehead atoms. The minimum atomic E-state index is -3.19. The zero-order chi connectivity index (χ0) is 26.0. The Kier molecular flexibility index (Phi) is 2.81. The van der Waals surface area contributed by atoms with Crippen molar-refractivity contribution in [2.24, 2.45) is 0 Å². The van der Waals surface area contributed by atoms with E-state index >= 15 is 0 Å². The Bertz CT molecular complexity index is 1260. The number of rotatable bonds is 4. The summed E-state index contributed by atoms with van der Waals surface area (Å²) in [6.45, 7) is -11.0. The second-order valence-corrected chi connectivity index (χ2v) is 5.66. The van der Waals surface area contributed by atoms with Crippen molar-refractivity contribution in [3.8, 4) is 5.69 Å². The minimum Gasteiger partial charge on any atom is -0.378 e. The summed E-state index contributed by atoms with van der Waals surface area (Å²) in [4.78, 5) is 4.41. The van der Waals surface area contributed by atoms with E-state index < -0.39 is 37.7 Å². The summed E-state index contributed by atoms with van der Waals surface area (Å²) in [5.74, 6) is -2.06. The first-order chi connectivity index (χ1) is 16.0. The highest BCUT2D eigenvalue weighted by Gasteiger charge is 2.13. The van der Waals surface area contributed by atoms with Crippen LogP contribution in [0.4, 0.5) is 26.1 Å². The predicted molar refractivity (Wildman–Crippen MR) is 98.8 cm³/mol. The second-order valence-electron chi connectivity index (χ2n) is 5.66. The highest BCUT2D eigenvalue weighted by molar-refractivity contribution is 5.64. The maximum atomic E-state index is 13.5. The van der Waals surface area contributed by atoms with Crippen molar-refractivity contribution in [1.29, 1.82) is 0 Å². The van der Waals surface area contributed by atoms with Crippen molar-refractivity contribution in [1.82, 2.24) is 14.8 Å². The fourth-order valence-electron chi connectivity index (χ4n) is 2.49. The molecule has 0 unspecified atom stereocenters. The van der Waals surface area contributed by atoms with Crippen LogP contribution in [0.3, 0.4) is 0 Å². The van der Waals surface area contributed by atoms with Crippen molar-refractivity contribution < 1.29 is 24.5 Å². The van der Waals surface area contributed by atoms with Crippen LogP contribution in [0, 0.1) is 18.6 Å². The van der Waals surface area contributed by atoms with Crippen molar-refractivity contribution in [2.75, 3.05) is 36.3 Å². The number of hydrogen-bond donors (Lipinski definition) is 1. The van der Waals surface area contributed by atoms with E-state index in [0.29, 0.717) is 10.5 Å². The maximum absolute atomic E-state index is 13.5. The lowest BCUT2D eigenvalue weighted by Crippen LogP contribution is -2.36. The van der Waals surface area contributed by atoms with Gasteiger partial charge >= 0.3 is 0 Å². The van der Waals surface area contributed by atoms with Gasteiger partial charge < -0.3 is 15.0 Å². The van der Waals surface area contributed by atoms with E-state index in [1.165, 1.54) is 29.2 Å². The number of ether oxygens (including phenoxy) is 1. The van der Waals surface area contributed by atoms with Crippen LogP contribution >= 0.6 is 0 Å². The summed E-state index contributed by atoms with van der Waals surface area (Å²) >= 11 is 0. The zero-order valence-electron chi connectivity index (χ0n) is 22.0. The normalized spacial score (nSPS) is 26.3. The van der Waals surface area contributed by atoms with Crippen LogP contribution in [0.25, 0.3) is 5.69 Å². The summed E-state index contributed by atoms with van der Waals surface area (Å²) in [7, 11) is 0. The third kappa shape index (κ3) is 3.90. The lowest BCUT2D eigenvalue weighted by molar-refractivity contribution is 0.122. The fourth-order valence-corrected chi connectivity index (χ4v) is 2.49. The molecule has 1 aliphatic heterocycles. The lowest BCUT2D eigenvalue weighted by Gasteiger charge is -2.29. The van der Waals surface area contributed by atoms with Crippen LogP contribution in [-0.2, 0) is 4.74 Å². The molecule has 0 atom stereocenters. The van der Waals surface area contributed by atoms with Gasteiger partial charge in [-0.05, 0) is 42.8 Å². The van der Waals surface area contributed by atoms with Gasteiger partial charge in [-0.2, -0.15) is 4.98 Å². The molecule has 1 aromatic heterocycles. The highest BCUT2D eigenvalue weighted by atomic mass is 19.2. The number of nitrogens with one attached hydrogen (secondary N) is 1. The summed E-state index contributed by atoms with van der Waals surface area (Å²) < 4.78 is 96.9. The van der Waals surface area contributed by atoms with Crippen molar-refractivity contribution in [3.05, 3.63) is 59.9 Å². The average molecular weight is 379 g/mol. The van der Waals surface area contributed by atoms with Crippen molar-refractivity contribution >= 4 is 17.3 Å². The second kappa shape index (κ2) is 7.32. The highest BCUT2D eigenvalue weighted by Crippen LogP contribution is 2.25. The van der Waals surface area contributed by atoms with Crippen LogP contribution < -0.4 is 10.2 Å². The van der Waals surface area contributed by atoms with Gasteiger partial charge in [0.05, 0.1) is 29.8 Å². The van der Waals surface area contributed by atoms with Crippen LogP contribution in [0.1, 0.15) is 16.5 Å². The molecule has 3 aromatic rings. The number of anilines is 3. The first kappa shape index (κ1) is 10.4. The summed E-state index contributed by atoms with van der Waals surface area (Å²) in [6.07, 6.45) is 1.24. The predicted octanol–water partition coefficient (Wildman–Crippen LogP) is 3.43. The fraction of sp³-hybridized carbons (Fsp3) is 0.263. The van der Waals surface area contributed by atoms with E-state index in [2.05, 4.69) is 20.1 Å². The molecule has 4 rings (SSSR count). The number of hydrogen-bond acceptors (Lipinski definition) is 5. The van der Waals surface area contributed by atoms with E-state index in [-0.39, 0.29) is 23.0 Å². The van der Waals surface area contributed by atoms with E-state index in [1.807, 2.05) is 0 Å². The SMILES string of the molecule is [2H]C1([2H])OC([2H])([2H])C([2H])([2H])N(c2cc(C)cc(Nc3ncn(-c4ccc(F)c(F)c4)n3)c2)C1([2H])[2H]. The molecule has 6 nitrogen and oxygen atoms in total. The Balaban J connectivity index is 1.70. The third-order valence-corrected chi connectivity index (χ3v) is 3.65. The molecule has 0 aliphatic carbocycles. The standard InChI is InChI=1S/C19H19F2N5O/c1-13-8-14(10-16(9-13)25-4-6-27-7-5-25)23-19-22-12-26(24-19)15-2-3-17(20)18(21)11-15/h2-3,8-12H,4-7H2,1H3,(H,23,24)/i4D2,5D2,6D2,7D2. The Morgan fingerprint density at radius 1 is 1.07 bits per heavy atom. The van der Waals surface area contributed by atoms with E-state index in [0.717, 1.165) is 12.1 Å². The molecule has 1 saturated heterocycles. The summed E-state index contributed by atoms with van der Waals surface area (Å²) in [5.41, 5.74) is 0.790. The molecule has 1 N–H and O–H groups in total. The largest absolute Gasteiger partial charge is 0.378 e. The Morgan fingerprint density at radius 3 is 2.67 bits per heavy atom. The van der Waals surface area contributed by atoms with Gasteiger partial charge in [-0.3, -0.25) is 0 Å². The average Bonchev–Trinajstić information content (AvgIpc) is 3.16. The van der Waals surface area contributed by atoms with Gasteiger partial charge in [0.25, 0.3) is 0 Å². The number of aryl methyl sites for hydroxylation is 1. The quantitative estimate of drug-likeness (QED) is 0.753. The summed E-state index contributed by atoms with van der Waals surface area (Å²) in [6, 6.07) is 7.41. The van der Waals surface area contributed by atoms with Crippen molar-refractivity contribution in [3.63, 3.8) is 0 Å². The molecule has 2 aromatic carbocycles. The van der Waals surface area contributed by atoms with Crippen LogP contribution in [0.15, 0.2) is 42.7 Å². The number of halogens is 2. The molecule has 1 fully saturated rings. The molecule has 0 saturated carbocycles. The lowest BCUT2D eigenvalue weighted by atomic mass is 10.1. The Morgan fingerprint density at radius 2 is 1.89 bits per heavy atom. The number of benzene rings is 2. The molecular weight excluding hydrogens is 352 g/mol. The smallest absolute Gasteiger partial charge is 0.246 e. The van der Waals surface area contributed by atoms with Gasteiger partial charge in [0.2, 0.25) is 5.95 Å². The first-order valence-electron chi connectivity index (χ1n) is 11.8. The number of aromatic nitrogens is 3. The molecule has 0 radical (unpaired) electrons. The molecule has 0 amide bonds. The van der Waals surface area contributed by atoms with Crippen LogP contribution in [-0.4, -0.2) is 40.9 Å². The first-order valence-corrected chi connectivity index (χ1v) is 7.81. The van der Waals surface area contributed by atoms with Gasteiger partial charge in [-0.1, -0.05) is 0 Å². The number of nitrogens with zero attached hydrogens (tertiary/aromatic N) is 4. The molecule has 0 spiro atoms. The third-order valence-electron chi connectivity index (χ3n) is 3.65. The minimum absolute atomic E-state index is 0.0185. The van der Waals surface area contributed by atoms with Gasteiger partial charge in [0.1, 0.15) is 6.33 Å². The van der Waals surface area contributed by atoms with E-state index in [1.54, 1.807) is 13.0 Å². The number of morpholine rings is 1. The van der Waals surface area contributed by atoms with Gasteiger partial charge in [0, 0.05) is 30.4 Å². The molecule has 2 heterocycles. The molecule has 8 heteroatoms. The molecule has 1 aliphatic rings. The van der Waals surface area contributed by atoms with Gasteiger partial charge in [0.15, 0.2) is 11.6 Å². The Hall–Kier alpha value is -3.00.